The summed E-state index contributed by atoms with van der Waals surface area (Å²) in [6.45, 7) is 2.97. The smallest absolute Gasteiger partial charge is 0.422 e. The Balaban J connectivity index is 2.06. The Kier molecular flexibility index (Phi) is 7.83. The van der Waals surface area contributed by atoms with Crippen molar-refractivity contribution in [1.82, 2.24) is 15.6 Å². The van der Waals surface area contributed by atoms with Crippen molar-refractivity contribution in [3.63, 3.8) is 0 Å². The Labute approximate surface area is 167 Å². The SMILES string of the molecule is CCNC(=NCc1cccnc1OCC(F)(F)F)NCC(C)(O)c1ccccc1. The molecule has 9 heteroatoms. The van der Waals surface area contributed by atoms with Gasteiger partial charge in [0.1, 0.15) is 5.60 Å². The molecule has 0 radical (unpaired) electrons. The molecule has 1 aromatic carbocycles. The molecule has 29 heavy (non-hydrogen) atoms. The highest BCUT2D eigenvalue weighted by atomic mass is 19.4. The van der Waals surface area contributed by atoms with Gasteiger partial charge in [-0.25, -0.2) is 9.98 Å². The molecular formula is C20H25F3N4O2. The largest absolute Gasteiger partial charge is 0.468 e. The van der Waals surface area contributed by atoms with Crippen molar-refractivity contribution in [2.45, 2.75) is 32.2 Å². The van der Waals surface area contributed by atoms with E-state index >= 15 is 0 Å². The van der Waals surface area contributed by atoms with E-state index in [1.807, 2.05) is 37.3 Å². The summed E-state index contributed by atoms with van der Waals surface area (Å²) in [7, 11) is 0. The maximum absolute atomic E-state index is 12.4. The molecule has 1 heterocycles. The van der Waals surface area contributed by atoms with Crippen molar-refractivity contribution >= 4 is 5.96 Å². The Morgan fingerprint density at radius 3 is 2.52 bits per heavy atom. The molecule has 0 saturated heterocycles. The average Bonchev–Trinajstić information content (AvgIpc) is 2.69. The molecule has 0 spiro atoms. The van der Waals surface area contributed by atoms with Crippen LogP contribution in [0.2, 0.25) is 0 Å². The normalized spacial score (nSPS) is 14.2. The molecule has 0 aliphatic rings. The van der Waals surface area contributed by atoms with Gasteiger partial charge in [0.25, 0.3) is 0 Å². The highest BCUT2D eigenvalue weighted by Gasteiger charge is 2.29. The second-order valence-corrected chi connectivity index (χ2v) is 6.56. The van der Waals surface area contributed by atoms with E-state index in [1.165, 1.54) is 6.20 Å². The molecular weight excluding hydrogens is 385 g/mol. The summed E-state index contributed by atoms with van der Waals surface area (Å²) in [6.07, 6.45) is -3.09. The van der Waals surface area contributed by atoms with Crippen LogP contribution in [0.15, 0.2) is 53.7 Å². The molecule has 1 aromatic heterocycles. The van der Waals surface area contributed by atoms with E-state index in [4.69, 9.17) is 4.74 Å². The van der Waals surface area contributed by atoms with Crippen LogP contribution in [0.4, 0.5) is 13.2 Å². The van der Waals surface area contributed by atoms with Crippen molar-refractivity contribution in [3.05, 3.63) is 59.8 Å². The van der Waals surface area contributed by atoms with E-state index in [2.05, 4.69) is 20.6 Å². The topological polar surface area (TPSA) is 78.8 Å². The number of ether oxygens (including phenoxy) is 1. The first-order valence-electron chi connectivity index (χ1n) is 9.15. The third kappa shape index (κ3) is 7.61. The van der Waals surface area contributed by atoms with Crippen LogP contribution in [0.3, 0.4) is 0 Å². The molecule has 158 valence electrons. The quantitative estimate of drug-likeness (QED) is 0.461. The molecule has 0 saturated carbocycles. The van der Waals surface area contributed by atoms with Gasteiger partial charge in [0.2, 0.25) is 5.88 Å². The molecule has 3 N–H and O–H groups in total. The number of hydrogen-bond donors (Lipinski definition) is 3. The first kappa shape index (κ1) is 22.5. The number of pyridine rings is 1. The summed E-state index contributed by atoms with van der Waals surface area (Å²) in [5.74, 6) is 0.301. The number of alkyl halides is 3. The lowest BCUT2D eigenvalue weighted by molar-refractivity contribution is -0.154. The van der Waals surface area contributed by atoms with E-state index in [9.17, 15) is 18.3 Å². The number of aliphatic imine (C=N–C) groups is 1. The maximum Gasteiger partial charge on any atom is 0.422 e. The summed E-state index contributed by atoms with van der Waals surface area (Å²) in [4.78, 5) is 8.23. The lowest BCUT2D eigenvalue weighted by Crippen LogP contribution is -2.44. The number of nitrogens with one attached hydrogen (secondary N) is 2. The molecule has 0 bridgehead atoms. The third-order valence-corrected chi connectivity index (χ3v) is 3.97. The van der Waals surface area contributed by atoms with Gasteiger partial charge < -0.3 is 20.5 Å². The summed E-state index contributed by atoms with van der Waals surface area (Å²) >= 11 is 0. The fourth-order valence-corrected chi connectivity index (χ4v) is 2.49. The predicted octanol–water partition coefficient (Wildman–Crippen LogP) is 2.99. The second kappa shape index (κ2) is 10.1. The summed E-state index contributed by atoms with van der Waals surface area (Å²) in [5.41, 5.74) is 0.0365. The molecule has 0 aliphatic heterocycles. The molecule has 6 nitrogen and oxygen atoms in total. The third-order valence-electron chi connectivity index (χ3n) is 3.97. The molecule has 1 atom stereocenters. The Morgan fingerprint density at radius 1 is 1.14 bits per heavy atom. The van der Waals surface area contributed by atoms with Crippen LogP contribution >= 0.6 is 0 Å². The van der Waals surface area contributed by atoms with E-state index in [0.29, 0.717) is 18.1 Å². The van der Waals surface area contributed by atoms with E-state index < -0.39 is 18.4 Å². The zero-order valence-corrected chi connectivity index (χ0v) is 16.3. The number of guanidine groups is 1. The van der Waals surface area contributed by atoms with Crippen molar-refractivity contribution in [2.24, 2.45) is 4.99 Å². The number of rotatable bonds is 8. The lowest BCUT2D eigenvalue weighted by atomic mass is 9.96. The average molecular weight is 410 g/mol. The van der Waals surface area contributed by atoms with Crippen LogP contribution in [0, 0.1) is 0 Å². The van der Waals surface area contributed by atoms with Gasteiger partial charge in [-0.05, 0) is 25.5 Å². The van der Waals surface area contributed by atoms with Gasteiger partial charge in [-0.3, -0.25) is 0 Å². The van der Waals surface area contributed by atoms with E-state index in [1.54, 1.807) is 19.1 Å². The highest BCUT2D eigenvalue weighted by molar-refractivity contribution is 5.79. The van der Waals surface area contributed by atoms with Gasteiger partial charge in [0.05, 0.1) is 13.1 Å². The molecule has 0 aliphatic carbocycles. The van der Waals surface area contributed by atoms with E-state index in [0.717, 1.165) is 5.56 Å². The minimum absolute atomic E-state index is 0.0594. The van der Waals surface area contributed by atoms with Crippen molar-refractivity contribution in [2.75, 3.05) is 19.7 Å². The van der Waals surface area contributed by atoms with Gasteiger partial charge in [-0.1, -0.05) is 36.4 Å². The Morgan fingerprint density at radius 2 is 1.86 bits per heavy atom. The first-order valence-corrected chi connectivity index (χ1v) is 9.15. The predicted molar refractivity (Wildman–Crippen MR) is 105 cm³/mol. The second-order valence-electron chi connectivity index (χ2n) is 6.56. The van der Waals surface area contributed by atoms with E-state index in [-0.39, 0.29) is 19.0 Å². The van der Waals surface area contributed by atoms with Gasteiger partial charge >= 0.3 is 6.18 Å². The number of hydrogen-bond acceptors (Lipinski definition) is 4. The number of benzene rings is 1. The van der Waals surface area contributed by atoms with Crippen LogP contribution < -0.4 is 15.4 Å². The molecule has 1 unspecified atom stereocenters. The van der Waals surface area contributed by atoms with Crippen molar-refractivity contribution < 1.29 is 23.0 Å². The van der Waals surface area contributed by atoms with Crippen LogP contribution in [0.1, 0.15) is 25.0 Å². The fraction of sp³-hybridized carbons (Fsp3) is 0.400. The standard InChI is InChI=1S/C20H25F3N4O2/c1-3-24-18(27-13-19(2,28)16-9-5-4-6-10-16)26-12-15-8-7-11-25-17(15)29-14-20(21,22)23/h4-11,28H,3,12-14H2,1-2H3,(H2,24,26,27). The minimum Gasteiger partial charge on any atom is -0.468 e. The number of aromatic nitrogens is 1. The number of halogens is 3. The lowest BCUT2D eigenvalue weighted by Gasteiger charge is -2.25. The zero-order valence-electron chi connectivity index (χ0n) is 16.3. The van der Waals surface area contributed by atoms with Crippen LogP contribution in [-0.4, -0.2) is 41.9 Å². The molecule has 2 rings (SSSR count). The Bertz CT molecular complexity index is 796. The fourth-order valence-electron chi connectivity index (χ4n) is 2.49. The maximum atomic E-state index is 12.4. The van der Waals surface area contributed by atoms with Gasteiger partial charge in [0, 0.05) is 18.3 Å². The number of aliphatic hydroxyl groups is 1. The zero-order chi connectivity index (χ0) is 21.3. The molecule has 0 fully saturated rings. The summed E-state index contributed by atoms with van der Waals surface area (Å²) in [6, 6.07) is 12.4. The molecule has 0 amide bonds. The van der Waals surface area contributed by atoms with Crippen molar-refractivity contribution in [3.8, 4) is 5.88 Å². The van der Waals surface area contributed by atoms with Gasteiger partial charge in [0.15, 0.2) is 12.6 Å². The summed E-state index contributed by atoms with van der Waals surface area (Å²) < 4.78 is 42.0. The minimum atomic E-state index is -4.45. The molecule has 2 aromatic rings. The Hall–Kier alpha value is -2.81. The van der Waals surface area contributed by atoms with Crippen LogP contribution in [0.5, 0.6) is 5.88 Å². The van der Waals surface area contributed by atoms with Gasteiger partial charge in [-0.15, -0.1) is 0 Å². The monoisotopic (exact) mass is 410 g/mol. The van der Waals surface area contributed by atoms with Gasteiger partial charge in [-0.2, -0.15) is 13.2 Å². The number of nitrogens with zero attached hydrogens (tertiary/aromatic N) is 2. The van der Waals surface area contributed by atoms with Crippen LogP contribution in [0.25, 0.3) is 0 Å². The van der Waals surface area contributed by atoms with Crippen molar-refractivity contribution in [1.29, 1.82) is 0 Å². The highest BCUT2D eigenvalue weighted by Crippen LogP contribution is 2.21. The van der Waals surface area contributed by atoms with Crippen LogP contribution in [-0.2, 0) is 12.1 Å². The first-order chi connectivity index (χ1) is 13.7. The summed E-state index contributed by atoms with van der Waals surface area (Å²) in [5, 5.41) is 16.8.